The van der Waals surface area contributed by atoms with Crippen molar-refractivity contribution < 1.29 is 9.18 Å². The van der Waals surface area contributed by atoms with Crippen molar-refractivity contribution in [1.82, 2.24) is 9.88 Å². The first-order valence-corrected chi connectivity index (χ1v) is 8.04. The average Bonchev–Trinajstić information content (AvgIpc) is 2.67. The van der Waals surface area contributed by atoms with Crippen molar-refractivity contribution in [2.45, 2.75) is 13.3 Å². The molecule has 26 heavy (non-hydrogen) atoms. The smallest absolute Gasteiger partial charge is 0.260 e. The quantitative estimate of drug-likeness (QED) is 0.501. The standard InChI is InChI=1S/C15H15FN4O.C4H9N/c1-18-15(17)20(2)14(21)11-6-3-5-10(9-11)12-7-4-8-19-13(12)16;1-2-3-4-5/h3-9H,1-2H3,(H2,17,18);3-4H,2,5H2,1H3/b;4-3-. The van der Waals surface area contributed by atoms with Crippen LogP contribution in [0, 0.1) is 5.95 Å². The molecule has 1 amide bonds. The minimum atomic E-state index is -0.579. The number of hydrogen-bond donors (Lipinski definition) is 2. The van der Waals surface area contributed by atoms with Crippen LogP contribution >= 0.6 is 0 Å². The van der Waals surface area contributed by atoms with E-state index < -0.39 is 5.95 Å². The molecular formula is C19H24FN5O. The first kappa shape index (κ1) is 20.8. The van der Waals surface area contributed by atoms with Gasteiger partial charge in [0, 0.05) is 31.4 Å². The van der Waals surface area contributed by atoms with Crippen molar-refractivity contribution in [1.29, 1.82) is 0 Å². The summed E-state index contributed by atoms with van der Waals surface area (Å²) in [6.45, 7) is 2.04. The molecule has 0 aliphatic rings. The summed E-state index contributed by atoms with van der Waals surface area (Å²) in [6.07, 6.45) is 5.87. The highest BCUT2D eigenvalue weighted by Gasteiger charge is 2.15. The SMILES string of the molecule is CC/C=C\N.CN=C(N)N(C)C(=O)c1cccc(-c2cccnc2F)c1. The second-order valence-electron chi connectivity index (χ2n) is 5.20. The summed E-state index contributed by atoms with van der Waals surface area (Å²) in [7, 11) is 3.03. The fourth-order valence-corrected chi connectivity index (χ4v) is 2.00. The number of amides is 1. The number of allylic oxidation sites excluding steroid dienone is 1. The zero-order valence-electron chi connectivity index (χ0n) is 15.2. The maximum atomic E-state index is 13.7. The molecule has 1 heterocycles. The second kappa shape index (κ2) is 10.6. The molecule has 1 aromatic carbocycles. The first-order chi connectivity index (χ1) is 12.5. The summed E-state index contributed by atoms with van der Waals surface area (Å²) in [4.78, 5) is 20.9. The van der Waals surface area contributed by atoms with Gasteiger partial charge in [-0.3, -0.25) is 14.7 Å². The van der Waals surface area contributed by atoms with Gasteiger partial charge in [0.2, 0.25) is 5.95 Å². The lowest BCUT2D eigenvalue weighted by atomic mass is 10.0. The van der Waals surface area contributed by atoms with E-state index in [0.717, 1.165) is 6.42 Å². The van der Waals surface area contributed by atoms with Crippen molar-refractivity contribution in [3.8, 4) is 11.1 Å². The van der Waals surface area contributed by atoms with Gasteiger partial charge in [0.25, 0.3) is 5.91 Å². The van der Waals surface area contributed by atoms with Crippen LogP contribution in [0.25, 0.3) is 11.1 Å². The Kier molecular flexibility index (Phi) is 8.49. The summed E-state index contributed by atoms with van der Waals surface area (Å²) >= 11 is 0. The minimum Gasteiger partial charge on any atom is -0.405 e. The summed E-state index contributed by atoms with van der Waals surface area (Å²) in [5, 5.41) is 0. The number of aromatic nitrogens is 1. The van der Waals surface area contributed by atoms with Crippen molar-refractivity contribution in [2.24, 2.45) is 16.5 Å². The number of carbonyl (C=O) groups excluding carboxylic acids is 1. The molecule has 0 saturated carbocycles. The van der Waals surface area contributed by atoms with Gasteiger partial charge < -0.3 is 11.5 Å². The van der Waals surface area contributed by atoms with E-state index in [9.17, 15) is 9.18 Å². The highest BCUT2D eigenvalue weighted by molar-refractivity contribution is 6.05. The normalized spacial score (nSPS) is 11.0. The van der Waals surface area contributed by atoms with Gasteiger partial charge in [-0.25, -0.2) is 4.98 Å². The lowest BCUT2D eigenvalue weighted by Gasteiger charge is -2.16. The maximum Gasteiger partial charge on any atom is 0.260 e. The molecule has 0 unspecified atom stereocenters. The number of benzene rings is 1. The van der Waals surface area contributed by atoms with Crippen LogP contribution < -0.4 is 11.5 Å². The summed E-state index contributed by atoms with van der Waals surface area (Å²) in [5.74, 6) is -0.785. The molecule has 4 N–H and O–H groups in total. The molecule has 2 rings (SSSR count). The van der Waals surface area contributed by atoms with Crippen LogP contribution in [0.1, 0.15) is 23.7 Å². The van der Waals surface area contributed by atoms with Crippen molar-refractivity contribution in [3.05, 3.63) is 66.4 Å². The number of nitrogens with two attached hydrogens (primary N) is 2. The van der Waals surface area contributed by atoms with E-state index in [-0.39, 0.29) is 11.9 Å². The number of hydrogen-bond acceptors (Lipinski definition) is 4. The van der Waals surface area contributed by atoms with E-state index in [2.05, 4.69) is 9.98 Å². The molecule has 0 spiro atoms. The molecule has 7 heteroatoms. The van der Waals surface area contributed by atoms with Crippen LogP contribution in [-0.2, 0) is 0 Å². The molecule has 1 aromatic heterocycles. The molecule has 0 atom stereocenters. The van der Waals surface area contributed by atoms with E-state index in [0.29, 0.717) is 16.7 Å². The third kappa shape index (κ3) is 5.70. The third-order valence-electron chi connectivity index (χ3n) is 3.43. The molecule has 0 radical (unpaired) electrons. The van der Waals surface area contributed by atoms with Crippen molar-refractivity contribution in [2.75, 3.05) is 14.1 Å². The first-order valence-electron chi connectivity index (χ1n) is 8.04. The van der Waals surface area contributed by atoms with E-state index >= 15 is 0 Å². The van der Waals surface area contributed by atoms with E-state index in [1.165, 1.54) is 25.2 Å². The van der Waals surface area contributed by atoms with Crippen molar-refractivity contribution >= 4 is 11.9 Å². The largest absolute Gasteiger partial charge is 0.405 e. The molecule has 6 nitrogen and oxygen atoms in total. The van der Waals surface area contributed by atoms with E-state index in [1.807, 2.05) is 13.0 Å². The van der Waals surface area contributed by atoms with Crippen LogP contribution in [0.2, 0.25) is 0 Å². The predicted octanol–water partition coefficient (Wildman–Crippen LogP) is 2.77. The zero-order chi connectivity index (χ0) is 19.5. The van der Waals surface area contributed by atoms with Crippen LogP contribution in [0.4, 0.5) is 4.39 Å². The maximum absolute atomic E-state index is 13.7. The molecule has 0 saturated heterocycles. The topological polar surface area (TPSA) is 97.6 Å². The second-order valence-corrected chi connectivity index (χ2v) is 5.20. The number of aliphatic imine (C=N–C) groups is 1. The number of nitrogens with zero attached hydrogens (tertiary/aromatic N) is 3. The molecule has 0 bridgehead atoms. The number of pyridine rings is 1. The fraction of sp³-hybridized carbons (Fsp3) is 0.211. The van der Waals surface area contributed by atoms with Gasteiger partial charge in [-0.05, 0) is 42.4 Å². The van der Waals surface area contributed by atoms with Gasteiger partial charge in [0.05, 0.1) is 0 Å². The highest BCUT2D eigenvalue weighted by atomic mass is 19.1. The molecule has 0 fully saturated rings. The molecular weight excluding hydrogens is 333 g/mol. The van der Waals surface area contributed by atoms with Gasteiger partial charge in [-0.2, -0.15) is 4.39 Å². The lowest BCUT2D eigenvalue weighted by molar-refractivity contribution is 0.0869. The van der Waals surface area contributed by atoms with Gasteiger partial charge >= 0.3 is 0 Å². The number of halogens is 1. The summed E-state index contributed by atoms with van der Waals surface area (Å²) in [6, 6.07) is 9.88. The number of carbonyl (C=O) groups is 1. The Balaban J connectivity index is 0.000000597. The number of rotatable bonds is 3. The third-order valence-corrected chi connectivity index (χ3v) is 3.43. The summed E-state index contributed by atoms with van der Waals surface area (Å²) < 4.78 is 13.7. The zero-order valence-corrected chi connectivity index (χ0v) is 15.2. The summed E-state index contributed by atoms with van der Waals surface area (Å²) in [5.41, 5.74) is 11.9. The van der Waals surface area contributed by atoms with Gasteiger partial charge in [0.15, 0.2) is 5.96 Å². The van der Waals surface area contributed by atoms with Crippen LogP contribution in [0.3, 0.4) is 0 Å². The Morgan fingerprint density at radius 1 is 1.35 bits per heavy atom. The van der Waals surface area contributed by atoms with E-state index in [1.54, 1.807) is 42.6 Å². The molecule has 2 aromatic rings. The molecule has 138 valence electrons. The highest BCUT2D eigenvalue weighted by Crippen LogP contribution is 2.22. The Bertz CT molecular complexity index is 789. The minimum absolute atomic E-state index is 0.109. The van der Waals surface area contributed by atoms with Gasteiger partial charge in [-0.15, -0.1) is 0 Å². The Labute approximate surface area is 153 Å². The van der Waals surface area contributed by atoms with Gasteiger partial charge in [0.1, 0.15) is 0 Å². The number of guanidine groups is 1. The Morgan fingerprint density at radius 2 is 2.08 bits per heavy atom. The fourth-order valence-electron chi connectivity index (χ4n) is 2.00. The van der Waals surface area contributed by atoms with Crippen molar-refractivity contribution in [3.63, 3.8) is 0 Å². The monoisotopic (exact) mass is 357 g/mol. The van der Waals surface area contributed by atoms with Gasteiger partial charge in [-0.1, -0.05) is 25.1 Å². The molecule has 0 aliphatic heterocycles. The average molecular weight is 357 g/mol. The van der Waals surface area contributed by atoms with Crippen LogP contribution in [0.5, 0.6) is 0 Å². The van der Waals surface area contributed by atoms with Crippen LogP contribution in [0.15, 0.2) is 59.9 Å². The lowest BCUT2D eigenvalue weighted by Crippen LogP contribution is -2.38. The van der Waals surface area contributed by atoms with E-state index in [4.69, 9.17) is 11.5 Å². The predicted molar refractivity (Wildman–Crippen MR) is 103 cm³/mol. The molecule has 0 aliphatic carbocycles. The Morgan fingerprint density at radius 3 is 2.62 bits per heavy atom. The van der Waals surface area contributed by atoms with Crippen LogP contribution in [-0.4, -0.2) is 35.8 Å². The Hall–Kier alpha value is -3.22.